The summed E-state index contributed by atoms with van der Waals surface area (Å²) in [6, 6.07) is 1.84. The number of hydrogen-bond acceptors (Lipinski definition) is 4. The highest BCUT2D eigenvalue weighted by Gasteiger charge is 2.34. The van der Waals surface area contributed by atoms with Crippen molar-refractivity contribution in [1.29, 1.82) is 0 Å². The number of nitrogens with one attached hydrogen (secondary N) is 1. The molecule has 1 N–H and O–H groups in total. The van der Waals surface area contributed by atoms with Gasteiger partial charge in [0, 0.05) is 19.8 Å². The first kappa shape index (κ1) is 17.4. The Morgan fingerprint density at radius 2 is 1.67 bits per heavy atom. The minimum atomic E-state index is -2.05. The lowest BCUT2D eigenvalue weighted by Gasteiger charge is -2.28. The molecule has 0 heterocycles. The summed E-state index contributed by atoms with van der Waals surface area (Å²) in [5.41, 5.74) is 0. The van der Waals surface area contributed by atoms with Crippen molar-refractivity contribution in [1.82, 2.24) is 5.32 Å². The zero-order valence-electron chi connectivity index (χ0n) is 12.1. The summed E-state index contributed by atoms with van der Waals surface area (Å²) in [5, 5.41) is 2.71. The average Bonchev–Trinajstić information content (AvgIpc) is 2.35. The fourth-order valence-electron chi connectivity index (χ4n) is 1.82. The topological polar surface area (TPSA) is 56.8 Å². The Hall–Kier alpha value is -0.593. The third-order valence-corrected chi connectivity index (χ3v) is 6.45. The van der Waals surface area contributed by atoms with Crippen LogP contribution < -0.4 is 5.32 Å². The maximum Gasteiger partial charge on any atom is 0.407 e. The van der Waals surface area contributed by atoms with Crippen molar-refractivity contribution in [2.24, 2.45) is 0 Å². The molecular formula is C12H27NO4Si. The third-order valence-electron chi connectivity index (χ3n) is 2.63. The predicted molar refractivity (Wildman–Crippen MR) is 73.9 cm³/mol. The van der Waals surface area contributed by atoms with Gasteiger partial charge in [0.25, 0.3) is 0 Å². The summed E-state index contributed by atoms with van der Waals surface area (Å²) >= 11 is 0. The Bertz CT molecular complexity index is 220. The van der Waals surface area contributed by atoms with Crippen LogP contribution in [0.2, 0.25) is 12.1 Å². The Morgan fingerprint density at radius 3 is 2.11 bits per heavy atom. The number of ether oxygens (including phenoxy) is 1. The molecular weight excluding hydrogens is 250 g/mol. The molecule has 0 bridgehead atoms. The van der Waals surface area contributed by atoms with Crippen molar-refractivity contribution in [3.8, 4) is 0 Å². The predicted octanol–water partition coefficient (Wildman–Crippen LogP) is 2.66. The van der Waals surface area contributed by atoms with E-state index in [1.54, 1.807) is 6.92 Å². The molecule has 0 rings (SSSR count). The van der Waals surface area contributed by atoms with Crippen LogP contribution in [-0.2, 0) is 13.6 Å². The first-order valence-electron chi connectivity index (χ1n) is 6.82. The second kappa shape index (κ2) is 10.3. The second-order valence-corrected chi connectivity index (χ2v) is 7.49. The maximum atomic E-state index is 11.1. The molecule has 0 aromatic heterocycles. The fourth-order valence-corrected chi connectivity index (χ4v) is 4.72. The summed E-state index contributed by atoms with van der Waals surface area (Å²) < 4.78 is 16.5. The number of carbonyl (C=O) groups excluding carboxylic acids is 1. The molecule has 0 radical (unpaired) electrons. The van der Waals surface area contributed by atoms with Gasteiger partial charge in [-0.05, 0) is 39.3 Å². The van der Waals surface area contributed by atoms with Gasteiger partial charge in [0.1, 0.15) is 0 Å². The maximum absolute atomic E-state index is 11.1. The van der Waals surface area contributed by atoms with Crippen molar-refractivity contribution in [2.45, 2.75) is 46.2 Å². The van der Waals surface area contributed by atoms with Gasteiger partial charge in [-0.3, -0.25) is 0 Å². The summed E-state index contributed by atoms with van der Waals surface area (Å²) in [7, 11) is -2.05. The van der Waals surface area contributed by atoms with Gasteiger partial charge in [0.2, 0.25) is 0 Å². The van der Waals surface area contributed by atoms with Crippen molar-refractivity contribution in [3.05, 3.63) is 0 Å². The summed E-state index contributed by atoms with van der Waals surface area (Å²) in [6.45, 7) is 10.3. The van der Waals surface area contributed by atoms with Crippen LogP contribution in [0.1, 0.15) is 34.1 Å². The number of rotatable bonds is 10. The van der Waals surface area contributed by atoms with Crippen LogP contribution in [0.25, 0.3) is 0 Å². The van der Waals surface area contributed by atoms with Crippen LogP contribution in [0.5, 0.6) is 0 Å². The monoisotopic (exact) mass is 277 g/mol. The molecule has 5 nitrogen and oxygen atoms in total. The van der Waals surface area contributed by atoms with Crippen LogP contribution in [0.4, 0.5) is 4.79 Å². The molecule has 0 unspecified atom stereocenters. The van der Waals surface area contributed by atoms with Gasteiger partial charge >= 0.3 is 14.7 Å². The Morgan fingerprint density at radius 1 is 1.06 bits per heavy atom. The summed E-state index contributed by atoms with van der Waals surface area (Å²) in [5.74, 6) is 0. The Balaban J connectivity index is 3.99. The van der Waals surface area contributed by atoms with Crippen LogP contribution in [0.15, 0.2) is 0 Å². The highest BCUT2D eigenvalue weighted by Crippen LogP contribution is 2.20. The molecule has 1 amide bonds. The SMILES string of the molecule is CCOC(=O)NCCC[Si](CC)(OCC)OCC. The van der Waals surface area contributed by atoms with Gasteiger partial charge in [-0.25, -0.2) is 4.79 Å². The highest BCUT2D eigenvalue weighted by molar-refractivity contribution is 6.67. The zero-order chi connectivity index (χ0) is 13.9. The molecule has 0 aromatic rings. The van der Waals surface area contributed by atoms with Crippen LogP contribution in [0, 0.1) is 0 Å². The minimum Gasteiger partial charge on any atom is -0.450 e. The van der Waals surface area contributed by atoms with Crippen molar-refractivity contribution in [3.63, 3.8) is 0 Å². The molecule has 18 heavy (non-hydrogen) atoms. The van der Waals surface area contributed by atoms with E-state index in [0.29, 0.717) is 26.4 Å². The van der Waals surface area contributed by atoms with E-state index in [1.807, 2.05) is 13.8 Å². The minimum absolute atomic E-state index is 0.353. The quantitative estimate of drug-likeness (QED) is 0.493. The van der Waals surface area contributed by atoms with Crippen molar-refractivity contribution >= 4 is 14.7 Å². The lowest BCUT2D eigenvalue weighted by Crippen LogP contribution is -2.42. The third kappa shape index (κ3) is 6.98. The Kier molecular flexibility index (Phi) is 10.00. The van der Waals surface area contributed by atoms with Gasteiger partial charge in [0.05, 0.1) is 6.61 Å². The van der Waals surface area contributed by atoms with E-state index in [2.05, 4.69) is 12.2 Å². The molecule has 0 saturated heterocycles. The van der Waals surface area contributed by atoms with E-state index in [1.165, 1.54) is 0 Å². The first-order valence-corrected chi connectivity index (χ1v) is 9.05. The number of carbonyl (C=O) groups is 1. The molecule has 0 fully saturated rings. The highest BCUT2D eigenvalue weighted by atomic mass is 28.4. The lowest BCUT2D eigenvalue weighted by molar-refractivity contribution is 0.151. The van der Waals surface area contributed by atoms with E-state index < -0.39 is 8.56 Å². The van der Waals surface area contributed by atoms with Gasteiger partial charge in [-0.2, -0.15) is 0 Å². The van der Waals surface area contributed by atoms with E-state index in [0.717, 1.165) is 18.5 Å². The molecule has 0 saturated carbocycles. The van der Waals surface area contributed by atoms with Crippen LogP contribution >= 0.6 is 0 Å². The molecule has 0 atom stereocenters. The zero-order valence-corrected chi connectivity index (χ0v) is 13.1. The molecule has 108 valence electrons. The second-order valence-electron chi connectivity index (χ2n) is 3.88. The van der Waals surface area contributed by atoms with Crippen LogP contribution in [0.3, 0.4) is 0 Å². The number of alkyl carbamates (subject to hydrolysis) is 1. The summed E-state index contributed by atoms with van der Waals surface area (Å²) in [4.78, 5) is 11.1. The first-order chi connectivity index (χ1) is 8.64. The van der Waals surface area contributed by atoms with Crippen molar-refractivity contribution in [2.75, 3.05) is 26.4 Å². The Labute approximate surface area is 111 Å². The number of hydrogen-bond donors (Lipinski definition) is 1. The fraction of sp³-hybridized carbons (Fsp3) is 0.917. The van der Waals surface area contributed by atoms with Crippen LogP contribution in [-0.4, -0.2) is 41.0 Å². The van der Waals surface area contributed by atoms with E-state index >= 15 is 0 Å². The smallest absolute Gasteiger partial charge is 0.407 e. The molecule has 0 aliphatic carbocycles. The number of amides is 1. The molecule has 0 aliphatic heterocycles. The van der Waals surface area contributed by atoms with Gasteiger partial charge < -0.3 is 18.9 Å². The van der Waals surface area contributed by atoms with Gasteiger partial charge in [-0.15, -0.1) is 0 Å². The molecule has 0 spiro atoms. The summed E-state index contributed by atoms with van der Waals surface area (Å²) in [6.07, 6.45) is 0.507. The molecule has 6 heteroatoms. The molecule has 0 aliphatic rings. The standard InChI is InChI=1S/C12H27NO4Si/c1-5-15-12(14)13-10-9-11-18(8-4,16-6-2)17-7-3/h5-11H2,1-4H3,(H,13,14). The van der Waals surface area contributed by atoms with E-state index in [-0.39, 0.29) is 6.09 Å². The molecule has 0 aromatic carbocycles. The lowest BCUT2D eigenvalue weighted by atomic mass is 10.5. The van der Waals surface area contributed by atoms with Crippen molar-refractivity contribution < 1.29 is 18.4 Å². The largest absolute Gasteiger partial charge is 0.450 e. The normalized spacial score (nSPS) is 11.3. The average molecular weight is 277 g/mol. The van der Waals surface area contributed by atoms with E-state index in [4.69, 9.17) is 13.6 Å². The van der Waals surface area contributed by atoms with Gasteiger partial charge in [0.15, 0.2) is 0 Å². The van der Waals surface area contributed by atoms with Gasteiger partial charge in [-0.1, -0.05) is 6.92 Å². The van der Waals surface area contributed by atoms with E-state index in [9.17, 15) is 4.79 Å².